The fraction of sp³-hybridized carbons (Fsp3) is 0.345. The third kappa shape index (κ3) is 4.40. The van der Waals surface area contributed by atoms with Crippen LogP contribution in [0.5, 0.6) is 11.5 Å². The highest BCUT2D eigenvalue weighted by molar-refractivity contribution is 6.32. The van der Waals surface area contributed by atoms with E-state index < -0.39 is 0 Å². The summed E-state index contributed by atoms with van der Waals surface area (Å²) in [5.74, 6) is 1.31. The molecule has 9 nitrogen and oxygen atoms in total. The number of likely N-dealkylation sites (tertiary alicyclic amines) is 1. The molecule has 2 bridgehead atoms. The lowest BCUT2D eigenvalue weighted by Crippen LogP contribution is -2.47. The van der Waals surface area contributed by atoms with Gasteiger partial charge in [0.05, 0.1) is 47.0 Å². The number of piperidine rings is 1. The Kier molecular flexibility index (Phi) is 6.68. The zero-order valence-electron chi connectivity index (χ0n) is 21.7. The molecule has 2 aliphatic heterocycles. The number of benzene rings is 1. The first-order valence-corrected chi connectivity index (χ1v) is 13.5. The summed E-state index contributed by atoms with van der Waals surface area (Å²) in [7, 11) is 1.57. The summed E-state index contributed by atoms with van der Waals surface area (Å²) in [6.07, 6.45) is 8.53. The average molecular weight is 548 g/mol. The minimum absolute atomic E-state index is 0.0121. The largest absolute Gasteiger partial charge is 0.493 e. The third-order valence-corrected chi connectivity index (χ3v) is 8.34. The van der Waals surface area contributed by atoms with Crippen LogP contribution in [0.3, 0.4) is 0 Å². The SMILES string of the molecule is C=CC(=O)N1[C@H]2CC[C@H](C2)[C@@H]1COc1cnccc1-c1cc2c(n1Nc1cccc(Cl)c1OC)CCNC2=O. The van der Waals surface area contributed by atoms with Gasteiger partial charge in [0.15, 0.2) is 5.75 Å². The number of nitrogens with zero attached hydrogens (tertiary/aromatic N) is 3. The monoisotopic (exact) mass is 547 g/mol. The molecular formula is C29H30ClN5O4. The molecule has 3 atom stereocenters. The first-order valence-electron chi connectivity index (χ1n) is 13.1. The van der Waals surface area contributed by atoms with Crippen LogP contribution in [0.4, 0.5) is 5.69 Å². The number of ether oxygens (including phenoxy) is 2. The molecule has 10 heteroatoms. The van der Waals surface area contributed by atoms with Crippen molar-refractivity contribution in [2.24, 2.45) is 5.92 Å². The first kappa shape index (κ1) is 25.3. The average Bonchev–Trinajstić information content (AvgIpc) is 3.66. The number of halogens is 1. The molecule has 0 radical (unpaired) electrons. The maximum Gasteiger partial charge on any atom is 0.253 e. The number of hydrogen-bond donors (Lipinski definition) is 2. The molecule has 39 heavy (non-hydrogen) atoms. The van der Waals surface area contributed by atoms with E-state index in [9.17, 15) is 9.59 Å². The summed E-state index contributed by atoms with van der Waals surface area (Å²) < 4.78 is 13.9. The normalized spacial score (nSPS) is 21.3. The zero-order valence-corrected chi connectivity index (χ0v) is 22.4. The van der Waals surface area contributed by atoms with Gasteiger partial charge in [-0.05, 0) is 55.5 Å². The Morgan fingerprint density at radius 2 is 2.18 bits per heavy atom. The molecule has 1 saturated heterocycles. The number of amides is 2. The molecule has 1 aliphatic carbocycles. The van der Waals surface area contributed by atoms with Crippen molar-refractivity contribution in [2.75, 3.05) is 25.7 Å². The Morgan fingerprint density at radius 1 is 1.31 bits per heavy atom. The van der Waals surface area contributed by atoms with Crippen LogP contribution >= 0.6 is 11.6 Å². The lowest BCUT2D eigenvalue weighted by atomic mass is 9.99. The van der Waals surface area contributed by atoms with Crippen molar-refractivity contribution in [1.82, 2.24) is 19.9 Å². The van der Waals surface area contributed by atoms with E-state index in [2.05, 4.69) is 22.3 Å². The van der Waals surface area contributed by atoms with Crippen molar-refractivity contribution >= 4 is 29.1 Å². The van der Waals surface area contributed by atoms with Gasteiger partial charge in [-0.25, -0.2) is 0 Å². The molecule has 4 heterocycles. The Hall–Kier alpha value is -3.98. The summed E-state index contributed by atoms with van der Waals surface area (Å²) >= 11 is 6.39. The number of anilines is 1. The molecule has 0 spiro atoms. The second kappa shape index (κ2) is 10.3. The summed E-state index contributed by atoms with van der Waals surface area (Å²) in [6.45, 7) is 4.58. The van der Waals surface area contributed by atoms with Crippen LogP contribution in [0.1, 0.15) is 35.3 Å². The van der Waals surface area contributed by atoms with Crippen molar-refractivity contribution in [1.29, 1.82) is 0 Å². The van der Waals surface area contributed by atoms with E-state index >= 15 is 0 Å². The van der Waals surface area contributed by atoms with Gasteiger partial charge in [-0.1, -0.05) is 24.2 Å². The second-order valence-electron chi connectivity index (χ2n) is 10.1. The quantitative estimate of drug-likeness (QED) is 0.408. The van der Waals surface area contributed by atoms with E-state index in [0.29, 0.717) is 53.3 Å². The van der Waals surface area contributed by atoms with E-state index in [-0.39, 0.29) is 23.9 Å². The molecule has 2 N–H and O–H groups in total. The number of carbonyl (C=O) groups is 2. The highest BCUT2D eigenvalue weighted by Crippen LogP contribution is 2.43. The number of rotatable bonds is 8. The third-order valence-electron chi connectivity index (χ3n) is 8.04. The summed E-state index contributed by atoms with van der Waals surface area (Å²) in [5, 5.41) is 3.40. The number of pyridine rings is 1. The molecule has 2 amide bonds. The fourth-order valence-corrected chi connectivity index (χ4v) is 6.52. The number of carbonyl (C=O) groups excluding carboxylic acids is 2. The Balaban J connectivity index is 1.37. The van der Waals surface area contributed by atoms with E-state index in [1.54, 1.807) is 25.6 Å². The number of nitrogens with one attached hydrogen (secondary N) is 2. The molecule has 0 unspecified atom stereocenters. The molecule has 1 aromatic carbocycles. The summed E-state index contributed by atoms with van der Waals surface area (Å²) in [4.78, 5) is 31.7. The Bertz CT molecular complexity index is 1450. The standard InChI is InChI=1S/C29H30ClN5O4/c1-3-27(36)34-18-8-7-17(13-18)25(34)16-39-26-15-31-11-9-19(26)24-14-20-23(10-12-32-29(20)37)35(24)33-22-6-4-5-21(30)28(22)38-2/h3-6,9,11,14-15,17-18,25,33H,1,7-8,10,12-13,16H2,2H3,(H,32,37)/t17-,18+,25+/m1/s1. The van der Waals surface area contributed by atoms with Crippen LogP contribution in [0.25, 0.3) is 11.3 Å². The number of aromatic nitrogens is 2. The van der Waals surface area contributed by atoms with Crippen molar-refractivity contribution in [3.8, 4) is 22.8 Å². The zero-order chi connectivity index (χ0) is 27.1. The van der Waals surface area contributed by atoms with Crippen LogP contribution in [-0.4, -0.2) is 58.7 Å². The topological polar surface area (TPSA) is 97.7 Å². The molecule has 2 fully saturated rings. The molecule has 202 valence electrons. The van der Waals surface area contributed by atoms with Gasteiger partial charge in [0.1, 0.15) is 12.4 Å². The first-order chi connectivity index (χ1) is 19.0. The van der Waals surface area contributed by atoms with Gasteiger partial charge in [-0.2, -0.15) is 0 Å². The van der Waals surface area contributed by atoms with Crippen LogP contribution in [0.2, 0.25) is 5.02 Å². The minimum Gasteiger partial charge on any atom is -0.493 e. The predicted molar refractivity (Wildman–Crippen MR) is 148 cm³/mol. The molecule has 6 rings (SSSR count). The van der Waals surface area contributed by atoms with Gasteiger partial charge >= 0.3 is 0 Å². The van der Waals surface area contributed by atoms with Gasteiger partial charge in [0.25, 0.3) is 5.91 Å². The second-order valence-corrected chi connectivity index (χ2v) is 10.5. The van der Waals surface area contributed by atoms with Crippen molar-refractivity contribution in [3.63, 3.8) is 0 Å². The van der Waals surface area contributed by atoms with Crippen molar-refractivity contribution in [3.05, 3.63) is 71.7 Å². The van der Waals surface area contributed by atoms with E-state index in [1.165, 1.54) is 6.08 Å². The van der Waals surface area contributed by atoms with Crippen LogP contribution in [0.15, 0.2) is 55.4 Å². The minimum atomic E-state index is -0.131. The maximum absolute atomic E-state index is 12.8. The Labute approximate surface area is 231 Å². The number of fused-ring (bicyclic) bond motifs is 3. The maximum atomic E-state index is 12.8. The lowest BCUT2D eigenvalue weighted by molar-refractivity contribution is -0.130. The van der Waals surface area contributed by atoms with E-state index in [1.807, 2.05) is 33.8 Å². The van der Waals surface area contributed by atoms with Gasteiger partial charge < -0.3 is 19.7 Å². The van der Waals surface area contributed by atoms with Crippen molar-refractivity contribution in [2.45, 2.75) is 37.8 Å². The van der Waals surface area contributed by atoms with Gasteiger partial charge in [-0.15, -0.1) is 0 Å². The molecule has 3 aromatic rings. The smallest absolute Gasteiger partial charge is 0.253 e. The van der Waals surface area contributed by atoms with Crippen LogP contribution < -0.4 is 20.2 Å². The lowest BCUT2D eigenvalue weighted by Gasteiger charge is -2.34. The van der Waals surface area contributed by atoms with Crippen LogP contribution in [-0.2, 0) is 11.2 Å². The Morgan fingerprint density at radius 3 is 3.00 bits per heavy atom. The van der Waals surface area contributed by atoms with Gasteiger partial charge in [-0.3, -0.25) is 24.7 Å². The van der Waals surface area contributed by atoms with Crippen LogP contribution in [0, 0.1) is 5.92 Å². The molecule has 1 saturated carbocycles. The van der Waals surface area contributed by atoms with Crippen molar-refractivity contribution < 1.29 is 19.1 Å². The summed E-state index contributed by atoms with van der Waals surface area (Å²) in [6, 6.07) is 9.44. The van der Waals surface area contributed by atoms with Gasteiger partial charge in [0, 0.05) is 30.8 Å². The molecule has 2 aromatic heterocycles. The molecular weight excluding hydrogens is 518 g/mol. The fourth-order valence-electron chi connectivity index (χ4n) is 6.27. The number of hydrogen-bond acceptors (Lipinski definition) is 6. The number of para-hydroxylation sites is 1. The molecule has 3 aliphatic rings. The highest BCUT2D eigenvalue weighted by Gasteiger charge is 2.47. The number of methoxy groups -OCH3 is 1. The summed E-state index contributed by atoms with van der Waals surface area (Å²) in [5.41, 5.74) is 7.02. The highest BCUT2D eigenvalue weighted by atomic mass is 35.5. The predicted octanol–water partition coefficient (Wildman–Crippen LogP) is 4.32. The van der Waals surface area contributed by atoms with Gasteiger partial charge in [0.2, 0.25) is 5.91 Å². The van der Waals surface area contributed by atoms with E-state index in [4.69, 9.17) is 21.1 Å². The van der Waals surface area contributed by atoms with E-state index in [0.717, 1.165) is 36.2 Å².